The average Bonchev–Trinajstić information content (AvgIpc) is 2.96. The molecule has 1 atom stereocenters. The van der Waals surface area contributed by atoms with E-state index in [2.05, 4.69) is 5.32 Å². The van der Waals surface area contributed by atoms with Crippen molar-refractivity contribution in [2.24, 2.45) is 5.73 Å². The fraction of sp³-hybridized carbons (Fsp3) is 0.500. The molecule has 0 unspecified atom stereocenters. The van der Waals surface area contributed by atoms with Gasteiger partial charge in [0, 0.05) is 32.2 Å². The second kappa shape index (κ2) is 6.54. The first-order chi connectivity index (χ1) is 11.1. The first-order valence-corrected chi connectivity index (χ1v) is 7.89. The molecule has 124 valence electrons. The lowest BCUT2D eigenvalue weighted by Gasteiger charge is -2.39. The Labute approximate surface area is 134 Å². The van der Waals surface area contributed by atoms with Gasteiger partial charge in [-0.1, -0.05) is 12.1 Å². The average molecular weight is 320 g/mol. The minimum Gasteiger partial charge on any atom is -0.368 e. The molecule has 2 aliphatic rings. The summed E-state index contributed by atoms with van der Waals surface area (Å²) in [4.78, 5) is 27.5. The molecule has 0 radical (unpaired) electrons. The Bertz CT molecular complexity index is 584. The summed E-state index contributed by atoms with van der Waals surface area (Å²) in [5, 5.41) is 2.81. The third kappa shape index (κ3) is 3.29. The molecule has 2 saturated heterocycles. The minimum atomic E-state index is -0.552. The van der Waals surface area contributed by atoms with Crippen molar-refractivity contribution in [1.82, 2.24) is 15.1 Å². The van der Waals surface area contributed by atoms with Crippen molar-refractivity contribution in [3.63, 3.8) is 0 Å². The number of nitrogens with two attached hydrogens (primary N) is 1. The molecule has 23 heavy (non-hydrogen) atoms. The maximum atomic E-state index is 13.1. The predicted molar refractivity (Wildman–Crippen MR) is 83.0 cm³/mol. The fourth-order valence-electron chi connectivity index (χ4n) is 3.49. The van der Waals surface area contributed by atoms with E-state index in [0.29, 0.717) is 25.2 Å². The lowest BCUT2D eigenvalue weighted by atomic mass is 9.98. The zero-order chi connectivity index (χ0) is 16.4. The number of urea groups is 1. The van der Waals surface area contributed by atoms with Crippen LogP contribution >= 0.6 is 0 Å². The van der Waals surface area contributed by atoms with Crippen LogP contribution in [0.5, 0.6) is 0 Å². The standard InChI is InChI=1S/C16H21FN4O2/c17-12-3-1-11(2-4-12)14(15(18)22)20-8-5-13(6-9-20)21-10-7-19-16(21)23/h1-4,13-14H,5-10H2,(H2,18,22)(H,19,23)/t14-/m1/s1. The summed E-state index contributed by atoms with van der Waals surface area (Å²) in [5.41, 5.74) is 6.27. The molecule has 3 rings (SSSR count). The molecule has 0 saturated carbocycles. The monoisotopic (exact) mass is 320 g/mol. The number of amides is 3. The molecule has 3 amide bonds. The van der Waals surface area contributed by atoms with Crippen LogP contribution in [0.2, 0.25) is 0 Å². The van der Waals surface area contributed by atoms with Crippen molar-refractivity contribution in [3.05, 3.63) is 35.6 Å². The molecule has 0 aromatic heterocycles. The van der Waals surface area contributed by atoms with Crippen LogP contribution in [-0.2, 0) is 4.79 Å². The Kier molecular flexibility index (Phi) is 4.47. The minimum absolute atomic E-state index is 0.00608. The van der Waals surface area contributed by atoms with Crippen molar-refractivity contribution in [2.45, 2.75) is 24.9 Å². The number of primary amides is 1. The third-order valence-corrected chi connectivity index (χ3v) is 4.65. The number of carbonyl (C=O) groups excluding carboxylic acids is 2. The quantitative estimate of drug-likeness (QED) is 0.863. The number of nitrogens with one attached hydrogen (secondary N) is 1. The van der Waals surface area contributed by atoms with Crippen LogP contribution < -0.4 is 11.1 Å². The van der Waals surface area contributed by atoms with Gasteiger partial charge >= 0.3 is 6.03 Å². The number of hydrogen-bond donors (Lipinski definition) is 2. The number of likely N-dealkylation sites (tertiary alicyclic amines) is 1. The van der Waals surface area contributed by atoms with Crippen molar-refractivity contribution in [1.29, 1.82) is 0 Å². The molecule has 1 aromatic carbocycles. The van der Waals surface area contributed by atoms with Gasteiger partial charge in [-0.2, -0.15) is 0 Å². The number of carbonyl (C=O) groups is 2. The van der Waals surface area contributed by atoms with E-state index in [-0.39, 0.29) is 17.9 Å². The van der Waals surface area contributed by atoms with E-state index in [1.54, 1.807) is 12.1 Å². The lowest BCUT2D eigenvalue weighted by Crippen LogP contribution is -2.49. The lowest BCUT2D eigenvalue weighted by molar-refractivity contribution is -0.124. The smallest absolute Gasteiger partial charge is 0.317 e. The zero-order valence-corrected chi connectivity index (χ0v) is 12.9. The van der Waals surface area contributed by atoms with E-state index in [1.807, 2.05) is 9.80 Å². The van der Waals surface area contributed by atoms with Crippen molar-refractivity contribution in [2.75, 3.05) is 26.2 Å². The molecule has 6 nitrogen and oxygen atoms in total. The van der Waals surface area contributed by atoms with Gasteiger partial charge in [0.15, 0.2) is 0 Å². The summed E-state index contributed by atoms with van der Waals surface area (Å²) in [5.74, 6) is -0.773. The van der Waals surface area contributed by atoms with E-state index in [9.17, 15) is 14.0 Å². The molecule has 2 heterocycles. The molecule has 0 spiro atoms. The number of halogens is 1. The van der Waals surface area contributed by atoms with Gasteiger partial charge in [-0.3, -0.25) is 9.69 Å². The number of benzene rings is 1. The van der Waals surface area contributed by atoms with Crippen LogP contribution in [0.3, 0.4) is 0 Å². The second-order valence-electron chi connectivity index (χ2n) is 6.05. The van der Waals surface area contributed by atoms with Gasteiger partial charge < -0.3 is 16.0 Å². The Hall–Kier alpha value is -2.15. The Balaban J connectivity index is 1.67. The highest BCUT2D eigenvalue weighted by molar-refractivity contribution is 5.81. The molecule has 1 aromatic rings. The Morgan fingerprint density at radius 2 is 1.87 bits per heavy atom. The summed E-state index contributed by atoms with van der Waals surface area (Å²) in [6.45, 7) is 2.79. The molecule has 0 aliphatic carbocycles. The largest absolute Gasteiger partial charge is 0.368 e. The third-order valence-electron chi connectivity index (χ3n) is 4.65. The molecular weight excluding hydrogens is 299 g/mol. The first-order valence-electron chi connectivity index (χ1n) is 7.89. The van der Waals surface area contributed by atoms with Crippen LogP contribution in [-0.4, -0.2) is 54.0 Å². The van der Waals surface area contributed by atoms with Gasteiger partial charge in [-0.05, 0) is 30.5 Å². The highest BCUT2D eigenvalue weighted by Gasteiger charge is 2.34. The summed E-state index contributed by atoms with van der Waals surface area (Å²) >= 11 is 0. The van der Waals surface area contributed by atoms with Crippen LogP contribution in [0.15, 0.2) is 24.3 Å². The van der Waals surface area contributed by atoms with E-state index in [4.69, 9.17) is 5.73 Å². The van der Waals surface area contributed by atoms with Gasteiger partial charge in [-0.15, -0.1) is 0 Å². The fourth-order valence-corrected chi connectivity index (χ4v) is 3.49. The first kappa shape index (κ1) is 15.7. The summed E-state index contributed by atoms with van der Waals surface area (Å²) in [6, 6.07) is 5.53. The van der Waals surface area contributed by atoms with Crippen molar-refractivity contribution >= 4 is 11.9 Å². The van der Waals surface area contributed by atoms with E-state index >= 15 is 0 Å². The normalized spacial score (nSPS) is 21.3. The van der Waals surface area contributed by atoms with Gasteiger partial charge in [0.2, 0.25) is 5.91 Å². The molecular formula is C16H21FN4O2. The Morgan fingerprint density at radius 3 is 2.39 bits per heavy atom. The molecule has 0 bridgehead atoms. The van der Waals surface area contributed by atoms with Crippen LogP contribution in [0.25, 0.3) is 0 Å². The van der Waals surface area contributed by atoms with E-state index in [1.165, 1.54) is 12.1 Å². The molecule has 2 fully saturated rings. The van der Waals surface area contributed by atoms with Crippen molar-refractivity contribution < 1.29 is 14.0 Å². The second-order valence-corrected chi connectivity index (χ2v) is 6.05. The number of piperidine rings is 1. The number of hydrogen-bond acceptors (Lipinski definition) is 3. The van der Waals surface area contributed by atoms with E-state index in [0.717, 1.165) is 19.4 Å². The number of nitrogens with zero attached hydrogens (tertiary/aromatic N) is 2. The highest BCUT2D eigenvalue weighted by Crippen LogP contribution is 2.27. The highest BCUT2D eigenvalue weighted by atomic mass is 19.1. The van der Waals surface area contributed by atoms with Gasteiger partial charge in [0.25, 0.3) is 0 Å². The number of rotatable bonds is 4. The van der Waals surface area contributed by atoms with Gasteiger partial charge in [-0.25, -0.2) is 9.18 Å². The summed E-state index contributed by atoms with van der Waals surface area (Å²) in [7, 11) is 0. The molecule has 7 heteroatoms. The zero-order valence-electron chi connectivity index (χ0n) is 12.9. The summed E-state index contributed by atoms with van der Waals surface area (Å²) in [6.07, 6.45) is 1.61. The molecule has 2 aliphatic heterocycles. The maximum Gasteiger partial charge on any atom is 0.317 e. The maximum absolute atomic E-state index is 13.1. The van der Waals surface area contributed by atoms with Crippen LogP contribution in [0.1, 0.15) is 24.4 Å². The predicted octanol–water partition coefficient (Wildman–Crippen LogP) is 0.842. The topological polar surface area (TPSA) is 78.7 Å². The van der Waals surface area contributed by atoms with Gasteiger partial charge in [0.1, 0.15) is 11.9 Å². The van der Waals surface area contributed by atoms with E-state index < -0.39 is 11.9 Å². The summed E-state index contributed by atoms with van der Waals surface area (Å²) < 4.78 is 13.1. The Morgan fingerprint density at radius 1 is 1.22 bits per heavy atom. The van der Waals surface area contributed by atoms with Gasteiger partial charge in [0.05, 0.1) is 0 Å². The van der Waals surface area contributed by atoms with Crippen LogP contribution in [0, 0.1) is 5.82 Å². The SMILES string of the molecule is NC(=O)[C@@H](c1ccc(F)cc1)N1CCC(N2CCNC2=O)CC1. The van der Waals surface area contributed by atoms with Crippen LogP contribution in [0.4, 0.5) is 9.18 Å². The van der Waals surface area contributed by atoms with Crippen molar-refractivity contribution in [3.8, 4) is 0 Å². The molecule has 3 N–H and O–H groups in total.